The molecule has 0 fully saturated rings. The molecule has 2 amide bonds. The van der Waals surface area contributed by atoms with Crippen molar-refractivity contribution in [3.63, 3.8) is 0 Å². The summed E-state index contributed by atoms with van der Waals surface area (Å²) in [4.78, 5) is 28.6. The van der Waals surface area contributed by atoms with Gasteiger partial charge in [-0.25, -0.2) is 8.42 Å². The molecule has 8 heteroatoms. The summed E-state index contributed by atoms with van der Waals surface area (Å²) in [6.07, 6.45) is 1.29. The maximum atomic E-state index is 13.9. The van der Waals surface area contributed by atoms with E-state index in [2.05, 4.69) is 5.32 Å². The lowest BCUT2D eigenvalue weighted by molar-refractivity contribution is -0.139. The molecule has 0 saturated carbocycles. The average molecular weight is 550 g/mol. The Morgan fingerprint density at radius 2 is 1.49 bits per heavy atom. The Kier molecular flexibility index (Phi) is 10.3. The van der Waals surface area contributed by atoms with Crippen molar-refractivity contribution in [2.75, 3.05) is 17.4 Å². The van der Waals surface area contributed by atoms with Gasteiger partial charge in [0.1, 0.15) is 12.6 Å². The van der Waals surface area contributed by atoms with E-state index in [4.69, 9.17) is 0 Å². The summed E-state index contributed by atoms with van der Waals surface area (Å²) >= 11 is 0. The largest absolute Gasteiger partial charge is 0.352 e. The van der Waals surface area contributed by atoms with Gasteiger partial charge in [0, 0.05) is 12.6 Å². The fraction of sp³-hybridized carbons (Fsp3) is 0.355. The number of sulfonamides is 1. The third-order valence-corrected chi connectivity index (χ3v) is 8.83. The zero-order valence-electron chi connectivity index (χ0n) is 23.4. The quantitative estimate of drug-likeness (QED) is 0.349. The van der Waals surface area contributed by atoms with Crippen molar-refractivity contribution < 1.29 is 18.0 Å². The molecule has 39 heavy (non-hydrogen) atoms. The molecule has 0 unspecified atom stereocenters. The van der Waals surface area contributed by atoms with Crippen LogP contribution in [0.15, 0.2) is 83.8 Å². The number of benzene rings is 3. The van der Waals surface area contributed by atoms with E-state index in [0.717, 1.165) is 27.4 Å². The highest BCUT2D eigenvalue weighted by molar-refractivity contribution is 7.92. The molecule has 0 aliphatic rings. The number of carbonyl (C=O) groups excluding carboxylic acids is 2. The Bertz CT molecular complexity index is 1360. The second kappa shape index (κ2) is 13.4. The second-order valence-corrected chi connectivity index (χ2v) is 11.8. The number of anilines is 1. The van der Waals surface area contributed by atoms with Crippen molar-refractivity contribution in [3.05, 3.63) is 95.6 Å². The number of nitrogens with one attached hydrogen (secondary N) is 1. The monoisotopic (exact) mass is 549 g/mol. The summed E-state index contributed by atoms with van der Waals surface area (Å²) in [7, 11) is -4.06. The zero-order valence-corrected chi connectivity index (χ0v) is 24.2. The SMILES string of the molecule is CC[C@H](C)NC(=O)[C@@H](C)N(CCc1ccccc1)C(=O)CN(c1ccc(C)c(C)c1)S(=O)(=O)c1ccccc1. The number of amides is 2. The Hall–Kier alpha value is -3.65. The van der Waals surface area contributed by atoms with Crippen LogP contribution >= 0.6 is 0 Å². The minimum Gasteiger partial charge on any atom is -0.352 e. The Morgan fingerprint density at radius 1 is 0.872 bits per heavy atom. The van der Waals surface area contributed by atoms with E-state index in [1.807, 2.05) is 64.1 Å². The molecule has 3 aromatic carbocycles. The van der Waals surface area contributed by atoms with Gasteiger partial charge in [0.05, 0.1) is 10.6 Å². The van der Waals surface area contributed by atoms with Gasteiger partial charge in [-0.15, -0.1) is 0 Å². The smallest absolute Gasteiger partial charge is 0.264 e. The van der Waals surface area contributed by atoms with E-state index in [0.29, 0.717) is 12.1 Å². The van der Waals surface area contributed by atoms with Crippen LogP contribution in [-0.2, 0) is 26.0 Å². The lowest BCUT2D eigenvalue weighted by atomic mass is 10.1. The van der Waals surface area contributed by atoms with E-state index in [9.17, 15) is 18.0 Å². The molecule has 3 rings (SSSR count). The van der Waals surface area contributed by atoms with Crippen LogP contribution in [0.4, 0.5) is 5.69 Å². The normalized spacial score (nSPS) is 12.8. The summed E-state index contributed by atoms with van der Waals surface area (Å²) < 4.78 is 28.8. The highest BCUT2D eigenvalue weighted by Gasteiger charge is 2.32. The van der Waals surface area contributed by atoms with Crippen molar-refractivity contribution >= 4 is 27.5 Å². The van der Waals surface area contributed by atoms with Crippen LogP contribution in [0.25, 0.3) is 0 Å². The van der Waals surface area contributed by atoms with Crippen LogP contribution in [0.1, 0.15) is 43.9 Å². The van der Waals surface area contributed by atoms with Crippen molar-refractivity contribution in [2.24, 2.45) is 0 Å². The lowest BCUT2D eigenvalue weighted by Crippen LogP contribution is -2.53. The Morgan fingerprint density at radius 3 is 2.08 bits per heavy atom. The first-order valence-electron chi connectivity index (χ1n) is 13.3. The summed E-state index contributed by atoms with van der Waals surface area (Å²) in [5.74, 6) is -0.718. The molecule has 7 nitrogen and oxygen atoms in total. The standard InChI is InChI=1S/C31H39N3O4S/c1-6-25(4)32-31(36)26(5)33(20-19-27-13-9-7-10-14-27)30(35)22-34(28-18-17-23(2)24(3)21-28)39(37,38)29-15-11-8-12-16-29/h7-18,21,25-26H,6,19-20,22H2,1-5H3,(H,32,36)/t25-,26+/m0/s1. The van der Waals surface area contributed by atoms with Crippen LogP contribution < -0.4 is 9.62 Å². The van der Waals surface area contributed by atoms with E-state index < -0.39 is 28.5 Å². The van der Waals surface area contributed by atoms with Gasteiger partial charge < -0.3 is 10.2 Å². The fourth-order valence-corrected chi connectivity index (χ4v) is 5.59. The number of hydrogen-bond acceptors (Lipinski definition) is 4. The van der Waals surface area contributed by atoms with Gasteiger partial charge in [-0.05, 0) is 81.5 Å². The second-order valence-electron chi connectivity index (χ2n) is 9.91. The zero-order chi connectivity index (χ0) is 28.6. The van der Waals surface area contributed by atoms with Gasteiger partial charge in [-0.2, -0.15) is 0 Å². The summed E-state index contributed by atoms with van der Waals surface area (Å²) in [6, 6.07) is 22.3. The number of nitrogens with zero attached hydrogens (tertiary/aromatic N) is 2. The Labute approximate surface area is 232 Å². The van der Waals surface area contributed by atoms with E-state index in [1.165, 1.54) is 17.0 Å². The molecule has 1 N–H and O–H groups in total. The average Bonchev–Trinajstić information content (AvgIpc) is 2.94. The van der Waals surface area contributed by atoms with Gasteiger partial charge in [0.25, 0.3) is 10.0 Å². The molecule has 0 aliphatic carbocycles. The number of aryl methyl sites for hydroxylation is 2. The first-order chi connectivity index (χ1) is 18.5. The molecule has 0 heterocycles. The van der Waals surface area contributed by atoms with Gasteiger partial charge in [0.15, 0.2) is 0 Å². The van der Waals surface area contributed by atoms with Crippen molar-refractivity contribution in [2.45, 2.75) is 64.4 Å². The predicted octanol–water partition coefficient (Wildman–Crippen LogP) is 4.87. The van der Waals surface area contributed by atoms with Crippen LogP contribution in [0.5, 0.6) is 0 Å². The lowest BCUT2D eigenvalue weighted by Gasteiger charge is -2.32. The maximum absolute atomic E-state index is 13.9. The molecule has 0 bridgehead atoms. The molecular weight excluding hydrogens is 510 g/mol. The maximum Gasteiger partial charge on any atom is 0.264 e. The molecule has 0 saturated heterocycles. The first kappa shape index (κ1) is 29.9. The van der Waals surface area contributed by atoms with Crippen LogP contribution in [0.3, 0.4) is 0 Å². The fourth-order valence-electron chi connectivity index (χ4n) is 4.16. The van der Waals surface area contributed by atoms with E-state index >= 15 is 0 Å². The Balaban J connectivity index is 1.98. The van der Waals surface area contributed by atoms with E-state index in [1.54, 1.807) is 37.3 Å². The van der Waals surface area contributed by atoms with E-state index in [-0.39, 0.29) is 23.4 Å². The highest BCUT2D eigenvalue weighted by Crippen LogP contribution is 2.26. The minimum absolute atomic E-state index is 0.0449. The van der Waals surface area contributed by atoms with Crippen molar-refractivity contribution in [1.29, 1.82) is 0 Å². The van der Waals surface area contributed by atoms with Crippen molar-refractivity contribution in [3.8, 4) is 0 Å². The molecule has 3 aromatic rings. The van der Waals surface area contributed by atoms with Crippen LogP contribution in [-0.4, -0.2) is 50.3 Å². The third kappa shape index (κ3) is 7.69. The topological polar surface area (TPSA) is 86.8 Å². The first-order valence-corrected chi connectivity index (χ1v) is 14.8. The molecule has 0 aliphatic heterocycles. The molecule has 2 atom stereocenters. The summed E-state index contributed by atoms with van der Waals surface area (Å²) in [6.45, 7) is 9.26. The number of hydrogen-bond donors (Lipinski definition) is 1. The van der Waals surface area contributed by atoms with Gasteiger partial charge >= 0.3 is 0 Å². The molecular formula is C31H39N3O4S. The molecule has 0 aromatic heterocycles. The third-order valence-electron chi connectivity index (χ3n) is 7.04. The van der Waals surface area contributed by atoms with Gasteiger partial charge in [-0.1, -0.05) is 61.5 Å². The number of rotatable bonds is 12. The molecule has 0 spiro atoms. The van der Waals surface area contributed by atoms with Gasteiger partial charge in [0.2, 0.25) is 11.8 Å². The van der Waals surface area contributed by atoms with Crippen LogP contribution in [0.2, 0.25) is 0 Å². The molecule has 208 valence electrons. The minimum atomic E-state index is -4.06. The number of carbonyl (C=O) groups is 2. The highest BCUT2D eigenvalue weighted by atomic mass is 32.2. The summed E-state index contributed by atoms with van der Waals surface area (Å²) in [5.41, 5.74) is 3.35. The van der Waals surface area contributed by atoms with Crippen LogP contribution in [0, 0.1) is 13.8 Å². The summed E-state index contributed by atoms with van der Waals surface area (Å²) in [5, 5.41) is 2.95. The van der Waals surface area contributed by atoms with Crippen molar-refractivity contribution in [1.82, 2.24) is 10.2 Å². The van der Waals surface area contributed by atoms with Gasteiger partial charge in [-0.3, -0.25) is 13.9 Å². The predicted molar refractivity (Wildman–Crippen MR) is 156 cm³/mol. The molecule has 0 radical (unpaired) electrons.